The fourth-order valence-corrected chi connectivity index (χ4v) is 3.17. The van der Waals surface area contributed by atoms with E-state index in [4.69, 9.17) is 11.5 Å². The number of carbonyl (C=O) groups is 6. The summed E-state index contributed by atoms with van der Waals surface area (Å²) in [6.07, 6.45) is -0.421. The summed E-state index contributed by atoms with van der Waals surface area (Å²) in [5, 5.41) is 20.1. The summed E-state index contributed by atoms with van der Waals surface area (Å²) < 4.78 is 0. The second-order valence-electron chi connectivity index (χ2n) is 5.89. The maximum Gasteiger partial charge on any atom is 2.00 e. The molecular weight excluding hydrogens is 495 g/mol. The molecule has 0 aliphatic carbocycles. The Kier molecular flexibility index (Phi) is 22.9. The van der Waals surface area contributed by atoms with Gasteiger partial charge in [0.05, 0.1) is 24.9 Å². The summed E-state index contributed by atoms with van der Waals surface area (Å²) in [5.74, 6) is -3.86. The Hall–Kier alpha value is -1.25. The van der Waals surface area contributed by atoms with Crippen molar-refractivity contribution < 1.29 is 55.8 Å². The third kappa shape index (κ3) is 19.2. The van der Waals surface area contributed by atoms with E-state index >= 15 is 0 Å². The summed E-state index contributed by atoms with van der Waals surface area (Å²) >= 11 is 3.27. The zero-order valence-corrected chi connectivity index (χ0v) is 20.1. The molecule has 0 amide bonds. The summed E-state index contributed by atoms with van der Waals surface area (Å²) in [6.45, 7) is 3.97. The molecular formula is C18H28CoN2O8S2. The first-order valence-corrected chi connectivity index (χ1v) is 11.5. The number of hydrogen-bond acceptors (Lipinski definition) is 12. The summed E-state index contributed by atoms with van der Waals surface area (Å²) in [5.41, 5.74) is 11.0. The molecule has 179 valence electrons. The molecule has 0 aromatic carbocycles. The molecule has 0 bridgehead atoms. The van der Waals surface area contributed by atoms with Crippen LogP contribution in [0.2, 0.25) is 0 Å². The van der Waals surface area contributed by atoms with E-state index in [0.717, 1.165) is 23.0 Å². The van der Waals surface area contributed by atoms with Crippen LogP contribution >= 0.6 is 23.5 Å². The smallest absolute Gasteiger partial charge is 0.542 e. The van der Waals surface area contributed by atoms with Crippen LogP contribution in [-0.2, 0) is 45.5 Å². The topological polar surface area (TPSA) is 201 Å². The molecule has 0 heterocycles. The van der Waals surface area contributed by atoms with Gasteiger partial charge in [-0.3, -0.25) is 19.2 Å². The number of rotatable bonds is 16. The van der Waals surface area contributed by atoms with E-state index in [2.05, 4.69) is 0 Å². The molecule has 0 saturated carbocycles. The summed E-state index contributed by atoms with van der Waals surface area (Å²) in [6, 6.07) is -1.51. The van der Waals surface area contributed by atoms with Gasteiger partial charge in [0.2, 0.25) is 0 Å². The van der Waals surface area contributed by atoms with Crippen molar-refractivity contribution in [2.45, 2.75) is 51.6 Å². The second-order valence-corrected chi connectivity index (χ2v) is 8.68. The molecule has 0 aromatic heterocycles. The Labute approximate surface area is 200 Å². The van der Waals surface area contributed by atoms with E-state index in [-0.39, 0.29) is 16.8 Å². The molecule has 0 rings (SSSR count). The molecule has 1 radical (unpaired) electrons. The molecule has 2 atom stereocenters. The van der Waals surface area contributed by atoms with Crippen molar-refractivity contribution in [3.63, 3.8) is 0 Å². The number of thioether (sulfide) groups is 2. The van der Waals surface area contributed by atoms with Gasteiger partial charge in [0.15, 0.2) is 23.1 Å². The van der Waals surface area contributed by atoms with E-state index < -0.39 is 60.0 Å². The van der Waals surface area contributed by atoms with Crippen molar-refractivity contribution in [3.8, 4) is 0 Å². The zero-order valence-electron chi connectivity index (χ0n) is 17.4. The van der Waals surface area contributed by atoms with Crippen LogP contribution in [0.5, 0.6) is 0 Å². The van der Waals surface area contributed by atoms with Crippen LogP contribution in [0.1, 0.15) is 39.5 Å². The Morgan fingerprint density at radius 2 is 1.00 bits per heavy atom. The minimum absolute atomic E-state index is 0. The number of carbonyl (C=O) groups excluding carboxylic acids is 6. The minimum atomic E-state index is -1.83. The van der Waals surface area contributed by atoms with Crippen molar-refractivity contribution in [1.82, 2.24) is 0 Å². The van der Waals surface area contributed by atoms with Crippen LogP contribution in [0, 0.1) is 0 Å². The van der Waals surface area contributed by atoms with Crippen LogP contribution < -0.4 is 21.7 Å². The van der Waals surface area contributed by atoms with E-state index in [1.54, 1.807) is 23.5 Å². The molecule has 0 spiro atoms. The first kappa shape index (κ1) is 34.4. The third-order valence-electron chi connectivity index (χ3n) is 3.51. The summed E-state index contributed by atoms with van der Waals surface area (Å²) in [4.78, 5) is 63.8. The van der Waals surface area contributed by atoms with Crippen molar-refractivity contribution in [2.75, 3.05) is 23.0 Å². The monoisotopic (exact) mass is 523 g/mol. The number of nitrogens with two attached hydrogens (primary N) is 2. The van der Waals surface area contributed by atoms with Crippen LogP contribution in [0.4, 0.5) is 0 Å². The van der Waals surface area contributed by atoms with Gasteiger partial charge in [-0.1, -0.05) is 13.8 Å². The van der Waals surface area contributed by atoms with Gasteiger partial charge in [0, 0.05) is 0 Å². The summed E-state index contributed by atoms with van der Waals surface area (Å²) in [7, 11) is 0. The molecule has 13 heteroatoms. The van der Waals surface area contributed by atoms with Crippen LogP contribution in [0.3, 0.4) is 0 Å². The largest absolute Gasteiger partial charge is 2.00 e. The number of hydrogen-bond donors (Lipinski definition) is 2. The molecule has 0 aromatic rings. The van der Waals surface area contributed by atoms with Crippen LogP contribution in [0.15, 0.2) is 0 Å². The molecule has 10 nitrogen and oxygen atoms in total. The van der Waals surface area contributed by atoms with Gasteiger partial charge in [0.1, 0.15) is 11.9 Å². The Balaban J connectivity index is -0.000000490. The molecule has 0 aliphatic rings. The minimum Gasteiger partial charge on any atom is -0.542 e. The van der Waals surface area contributed by atoms with Gasteiger partial charge in [-0.15, -0.1) is 0 Å². The van der Waals surface area contributed by atoms with Gasteiger partial charge >= 0.3 is 16.8 Å². The number of carboxylic acids is 2. The van der Waals surface area contributed by atoms with Gasteiger partial charge < -0.3 is 31.3 Å². The number of aliphatic carboxylic acids is 2. The van der Waals surface area contributed by atoms with Crippen molar-refractivity contribution in [1.29, 1.82) is 0 Å². The fraction of sp³-hybridized carbons (Fsp3) is 0.667. The first-order valence-electron chi connectivity index (χ1n) is 9.18. The molecule has 31 heavy (non-hydrogen) atoms. The second kappa shape index (κ2) is 20.6. The zero-order chi connectivity index (χ0) is 23.7. The van der Waals surface area contributed by atoms with E-state index in [1.807, 2.05) is 13.8 Å². The number of Topliss-reactive ketones (excluding diaryl/α,β-unsaturated/α-hetero) is 4. The average molecular weight is 523 g/mol. The van der Waals surface area contributed by atoms with Gasteiger partial charge in [-0.05, 0) is 35.9 Å². The van der Waals surface area contributed by atoms with Crippen molar-refractivity contribution in [3.05, 3.63) is 0 Å². The predicted octanol–water partition coefficient (Wildman–Crippen LogP) is -2.53. The molecule has 0 aliphatic heterocycles. The molecule has 4 N–H and O–H groups in total. The third-order valence-corrected chi connectivity index (χ3v) is 5.37. The van der Waals surface area contributed by atoms with Crippen molar-refractivity contribution in [2.24, 2.45) is 11.5 Å². The molecule has 0 unspecified atom stereocenters. The van der Waals surface area contributed by atoms with Gasteiger partial charge in [0.25, 0.3) is 0 Å². The number of ketones is 4. The van der Waals surface area contributed by atoms with Crippen LogP contribution in [0.25, 0.3) is 0 Å². The van der Waals surface area contributed by atoms with E-state index in [0.29, 0.717) is 12.8 Å². The standard InChI is InChI=1S/2C9H15NO4S.Co/c2*1-2-15-4-3-6(10)7(11)5-8(12)9(13)14;/h2*6H,2-5,10H2,1H3,(H,13,14);/q;;+2/p-2/t2*6-;/m00./s1. The fourth-order valence-electron chi connectivity index (χ4n) is 1.75. The van der Waals surface area contributed by atoms with E-state index in [1.165, 1.54) is 0 Å². The van der Waals surface area contributed by atoms with Gasteiger partial charge in [-0.2, -0.15) is 23.5 Å². The molecule has 0 saturated heterocycles. The normalized spacial score (nSPS) is 11.7. The van der Waals surface area contributed by atoms with Gasteiger partial charge in [-0.25, -0.2) is 0 Å². The van der Waals surface area contributed by atoms with Crippen molar-refractivity contribution >= 4 is 58.6 Å². The van der Waals surface area contributed by atoms with Crippen LogP contribution in [-0.4, -0.2) is 70.2 Å². The molecule has 0 fully saturated rings. The first-order chi connectivity index (χ1) is 14.0. The predicted molar refractivity (Wildman–Crippen MR) is 110 cm³/mol. The van der Waals surface area contributed by atoms with E-state index in [9.17, 15) is 39.0 Å². The SMILES string of the molecule is CCSCC[C@H](N)C(=O)CC(=O)C(=O)[O-].CCSCC[C@H](N)C(=O)CC(=O)C(=O)[O-].[Co+2]. The Bertz CT molecular complexity index is 567. The Morgan fingerprint density at radius 1 is 0.710 bits per heavy atom. The maximum absolute atomic E-state index is 11.2. The quantitative estimate of drug-likeness (QED) is 0.122. The number of carboxylic acid groups (broad SMARTS) is 2. The Morgan fingerprint density at radius 3 is 1.23 bits per heavy atom. The maximum atomic E-state index is 11.2. The average Bonchev–Trinajstić information content (AvgIpc) is 2.68.